The molecule has 3 heteroatoms. The summed E-state index contributed by atoms with van der Waals surface area (Å²) in [6.07, 6.45) is 5.18. The third-order valence-electron chi connectivity index (χ3n) is 2.06. The van der Waals surface area contributed by atoms with Crippen LogP contribution in [-0.2, 0) is 14.3 Å². The Bertz CT molecular complexity index is 152. The SMILES string of the molecule is CCCCCCOC(=O)CC1CO1. The van der Waals surface area contributed by atoms with Gasteiger partial charge in [-0.2, -0.15) is 0 Å². The molecule has 1 atom stereocenters. The highest BCUT2D eigenvalue weighted by Gasteiger charge is 2.26. The van der Waals surface area contributed by atoms with Crippen LogP contribution in [0.1, 0.15) is 39.0 Å². The van der Waals surface area contributed by atoms with Crippen LogP contribution in [0.15, 0.2) is 0 Å². The smallest absolute Gasteiger partial charge is 0.308 e. The molecule has 0 N–H and O–H groups in total. The molecule has 1 fully saturated rings. The standard InChI is InChI=1S/C10H18O3/c1-2-3-4-5-6-12-10(11)7-9-8-13-9/h9H,2-8H2,1H3. The molecule has 76 valence electrons. The maximum atomic E-state index is 11.0. The Balaban J connectivity index is 1.83. The van der Waals surface area contributed by atoms with E-state index in [0.29, 0.717) is 13.0 Å². The predicted molar refractivity (Wildman–Crippen MR) is 49.5 cm³/mol. The number of carbonyl (C=O) groups excluding carboxylic acids is 1. The molecule has 1 saturated heterocycles. The van der Waals surface area contributed by atoms with Gasteiger partial charge in [-0.25, -0.2) is 0 Å². The second-order valence-electron chi connectivity index (χ2n) is 3.44. The van der Waals surface area contributed by atoms with Crippen molar-refractivity contribution < 1.29 is 14.3 Å². The van der Waals surface area contributed by atoms with Crippen molar-refractivity contribution in [2.24, 2.45) is 0 Å². The Hall–Kier alpha value is -0.570. The normalized spacial score (nSPS) is 19.9. The van der Waals surface area contributed by atoms with Gasteiger partial charge in [-0.1, -0.05) is 26.2 Å². The van der Waals surface area contributed by atoms with E-state index in [4.69, 9.17) is 9.47 Å². The monoisotopic (exact) mass is 186 g/mol. The van der Waals surface area contributed by atoms with E-state index in [2.05, 4.69) is 6.92 Å². The number of hydrogen-bond acceptors (Lipinski definition) is 3. The molecule has 0 aromatic heterocycles. The lowest BCUT2D eigenvalue weighted by atomic mass is 10.2. The Kier molecular flexibility index (Phi) is 4.83. The zero-order valence-corrected chi connectivity index (χ0v) is 8.25. The molecule has 1 rings (SSSR count). The van der Waals surface area contributed by atoms with Gasteiger partial charge in [-0.15, -0.1) is 0 Å². The van der Waals surface area contributed by atoms with E-state index in [1.54, 1.807) is 0 Å². The van der Waals surface area contributed by atoms with Gasteiger partial charge in [0.05, 0.1) is 25.7 Å². The van der Waals surface area contributed by atoms with Crippen molar-refractivity contribution in [3.05, 3.63) is 0 Å². The zero-order chi connectivity index (χ0) is 9.52. The van der Waals surface area contributed by atoms with Crippen LogP contribution in [-0.4, -0.2) is 25.3 Å². The van der Waals surface area contributed by atoms with Crippen molar-refractivity contribution in [1.29, 1.82) is 0 Å². The van der Waals surface area contributed by atoms with Crippen LogP contribution < -0.4 is 0 Å². The van der Waals surface area contributed by atoms with Crippen LogP contribution in [0.25, 0.3) is 0 Å². The number of epoxide rings is 1. The van der Waals surface area contributed by atoms with Gasteiger partial charge >= 0.3 is 5.97 Å². The number of ether oxygens (including phenoxy) is 2. The largest absolute Gasteiger partial charge is 0.466 e. The molecule has 3 nitrogen and oxygen atoms in total. The van der Waals surface area contributed by atoms with Crippen LogP contribution in [0, 0.1) is 0 Å². The second kappa shape index (κ2) is 5.97. The van der Waals surface area contributed by atoms with Crippen molar-refractivity contribution in [2.45, 2.75) is 45.1 Å². The summed E-state index contributed by atoms with van der Waals surface area (Å²) in [6, 6.07) is 0. The summed E-state index contributed by atoms with van der Waals surface area (Å²) in [5.74, 6) is -0.112. The Morgan fingerprint density at radius 1 is 1.46 bits per heavy atom. The maximum absolute atomic E-state index is 11.0. The fourth-order valence-corrected chi connectivity index (χ4v) is 1.15. The van der Waals surface area contributed by atoms with Gasteiger partial charge in [0.15, 0.2) is 0 Å². The van der Waals surface area contributed by atoms with Gasteiger partial charge in [0.1, 0.15) is 0 Å². The minimum absolute atomic E-state index is 0.112. The molecule has 0 bridgehead atoms. The second-order valence-corrected chi connectivity index (χ2v) is 3.44. The van der Waals surface area contributed by atoms with E-state index in [1.807, 2.05) is 0 Å². The molecule has 0 amide bonds. The summed E-state index contributed by atoms with van der Waals surface area (Å²) >= 11 is 0. The molecule has 0 aromatic rings. The van der Waals surface area contributed by atoms with Crippen molar-refractivity contribution >= 4 is 5.97 Å². The quantitative estimate of drug-likeness (QED) is 0.346. The lowest BCUT2D eigenvalue weighted by Gasteiger charge is -2.02. The third-order valence-corrected chi connectivity index (χ3v) is 2.06. The summed E-state index contributed by atoms with van der Waals surface area (Å²) in [5.41, 5.74) is 0. The van der Waals surface area contributed by atoms with E-state index < -0.39 is 0 Å². The highest BCUT2D eigenvalue weighted by atomic mass is 16.6. The molecule has 0 aromatic carbocycles. The van der Waals surface area contributed by atoms with E-state index in [1.165, 1.54) is 12.8 Å². The van der Waals surface area contributed by atoms with Crippen molar-refractivity contribution in [2.75, 3.05) is 13.2 Å². The molecule has 0 spiro atoms. The third kappa shape index (κ3) is 5.64. The van der Waals surface area contributed by atoms with Gasteiger partial charge in [-0.05, 0) is 6.42 Å². The zero-order valence-electron chi connectivity index (χ0n) is 8.25. The Morgan fingerprint density at radius 2 is 2.23 bits per heavy atom. The minimum Gasteiger partial charge on any atom is -0.466 e. The molecule has 0 radical (unpaired) electrons. The van der Waals surface area contributed by atoms with E-state index in [0.717, 1.165) is 19.4 Å². The van der Waals surface area contributed by atoms with E-state index in [-0.39, 0.29) is 12.1 Å². The first-order valence-corrected chi connectivity index (χ1v) is 5.10. The summed E-state index contributed by atoms with van der Waals surface area (Å²) in [6.45, 7) is 3.47. The van der Waals surface area contributed by atoms with Crippen LogP contribution in [0.3, 0.4) is 0 Å². The van der Waals surface area contributed by atoms with Gasteiger partial charge < -0.3 is 9.47 Å². The maximum Gasteiger partial charge on any atom is 0.308 e. The fraction of sp³-hybridized carbons (Fsp3) is 0.900. The highest BCUT2D eigenvalue weighted by molar-refractivity contribution is 5.70. The van der Waals surface area contributed by atoms with Crippen molar-refractivity contribution in [1.82, 2.24) is 0 Å². The van der Waals surface area contributed by atoms with Crippen molar-refractivity contribution in [3.63, 3.8) is 0 Å². The van der Waals surface area contributed by atoms with E-state index in [9.17, 15) is 4.79 Å². The number of hydrogen-bond donors (Lipinski definition) is 0. The fourth-order valence-electron chi connectivity index (χ4n) is 1.15. The molecule has 13 heavy (non-hydrogen) atoms. The van der Waals surface area contributed by atoms with Crippen LogP contribution in [0.5, 0.6) is 0 Å². The first-order valence-electron chi connectivity index (χ1n) is 5.10. The number of carbonyl (C=O) groups is 1. The number of esters is 1. The van der Waals surface area contributed by atoms with Crippen molar-refractivity contribution in [3.8, 4) is 0 Å². The molecule has 1 heterocycles. The molecule has 0 aliphatic carbocycles. The molecule has 1 unspecified atom stereocenters. The summed E-state index contributed by atoms with van der Waals surface area (Å²) in [7, 11) is 0. The molecule has 0 saturated carbocycles. The van der Waals surface area contributed by atoms with Crippen LogP contribution in [0.4, 0.5) is 0 Å². The summed E-state index contributed by atoms with van der Waals surface area (Å²) < 4.78 is 9.94. The minimum atomic E-state index is -0.112. The van der Waals surface area contributed by atoms with Crippen LogP contribution >= 0.6 is 0 Å². The molecule has 1 aliphatic rings. The predicted octanol–water partition coefficient (Wildman–Crippen LogP) is 1.90. The molecular formula is C10H18O3. The Morgan fingerprint density at radius 3 is 2.85 bits per heavy atom. The number of unbranched alkanes of at least 4 members (excludes halogenated alkanes) is 3. The average molecular weight is 186 g/mol. The van der Waals surface area contributed by atoms with Gasteiger partial charge in [0.25, 0.3) is 0 Å². The van der Waals surface area contributed by atoms with Gasteiger partial charge in [0.2, 0.25) is 0 Å². The van der Waals surface area contributed by atoms with Gasteiger partial charge in [0, 0.05) is 0 Å². The number of rotatable bonds is 7. The first-order chi connectivity index (χ1) is 6.33. The lowest BCUT2D eigenvalue weighted by Crippen LogP contribution is -2.08. The highest BCUT2D eigenvalue weighted by Crippen LogP contribution is 2.13. The summed E-state index contributed by atoms with van der Waals surface area (Å²) in [4.78, 5) is 11.0. The average Bonchev–Trinajstić information content (AvgIpc) is 2.88. The summed E-state index contributed by atoms with van der Waals surface area (Å²) in [5, 5.41) is 0. The molecule has 1 aliphatic heterocycles. The van der Waals surface area contributed by atoms with E-state index >= 15 is 0 Å². The Labute approximate surface area is 79.4 Å². The lowest BCUT2D eigenvalue weighted by molar-refractivity contribution is -0.144. The first kappa shape index (κ1) is 10.5. The van der Waals surface area contributed by atoms with Crippen LogP contribution in [0.2, 0.25) is 0 Å². The topological polar surface area (TPSA) is 38.8 Å². The van der Waals surface area contributed by atoms with Gasteiger partial charge in [-0.3, -0.25) is 4.79 Å². The molecular weight excluding hydrogens is 168 g/mol.